The van der Waals surface area contributed by atoms with Crippen LogP contribution in [-0.4, -0.2) is 25.3 Å². The molecule has 0 saturated carbocycles. The number of nitrogens with two attached hydrogens (primary N) is 1. The number of amides is 1. The Morgan fingerprint density at radius 2 is 1.46 bits per heavy atom. The van der Waals surface area contributed by atoms with Gasteiger partial charge in [-0.05, 0) is 60.7 Å². The molecule has 0 bridgehead atoms. The number of ether oxygens (including phenoxy) is 1. The number of carbonyl (C=O) groups is 3. The Labute approximate surface area is 162 Å². The first-order valence-electron chi connectivity index (χ1n) is 8.39. The predicted octanol–water partition coefficient (Wildman–Crippen LogP) is 3.81. The lowest BCUT2D eigenvalue weighted by atomic mass is 10.2. The molecular formula is C22H20N2O4. The van der Waals surface area contributed by atoms with Gasteiger partial charge in [0.2, 0.25) is 0 Å². The summed E-state index contributed by atoms with van der Waals surface area (Å²) in [6, 6.07) is 22.3. The second kappa shape index (κ2) is 10.3. The second-order valence-corrected chi connectivity index (χ2v) is 5.67. The van der Waals surface area contributed by atoms with Crippen molar-refractivity contribution in [1.29, 1.82) is 0 Å². The van der Waals surface area contributed by atoms with Gasteiger partial charge in [-0.2, -0.15) is 0 Å². The number of hydrogen-bond donors (Lipinski definition) is 2. The van der Waals surface area contributed by atoms with E-state index in [2.05, 4.69) is 10.1 Å². The van der Waals surface area contributed by atoms with E-state index in [1.165, 1.54) is 7.11 Å². The molecule has 3 rings (SSSR count). The van der Waals surface area contributed by atoms with Crippen molar-refractivity contribution in [2.75, 3.05) is 18.2 Å². The van der Waals surface area contributed by atoms with Crippen molar-refractivity contribution in [3.8, 4) is 0 Å². The molecule has 0 spiro atoms. The molecule has 3 aromatic carbocycles. The third-order valence-electron chi connectivity index (χ3n) is 3.67. The SMILES string of the molecule is COC(=O)c1ccc(N)cc1.O=Cc1ccc(NC(=O)c2ccccc2)cc1. The minimum Gasteiger partial charge on any atom is -0.465 e. The van der Waals surface area contributed by atoms with E-state index in [0.717, 1.165) is 6.29 Å². The number of methoxy groups -OCH3 is 1. The van der Waals surface area contributed by atoms with E-state index in [0.29, 0.717) is 28.1 Å². The predicted molar refractivity (Wildman–Crippen MR) is 108 cm³/mol. The van der Waals surface area contributed by atoms with E-state index < -0.39 is 0 Å². The number of hydrogen-bond acceptors (Lipinski definition) is 5. The summed E-state index contributed by atoms with van der Waals surface area (Å²) in [6.07, 6.45) is 0.767. The average Bonchev–Trinajstić information content (AvgIpc) is 2.75. The van der Waals surface area contributed by atoms with Crippen LogP contribution in [0.2, 0.25) is 0 Å². The maximum Gasteiger partial charge on any atom is 0.337 e. The molecule has 3 aromatic rings. The van der Waals surface area contributed by atoms with Crippen LogP contribution in [0, 0.1) is 0 Å². The number of anilines is 2. The lowest BCUT2D eigenvalue weighted by molar-refractivity contribution is 0.0600. The summed E-state index contributed by atoms with van der Waals surface area (Å²) in [6.45, 7) is 0. The number of aldehydes is 1. The summed E-state index contributed by atoms with van der Waals surface area (Å²) < 4.78 is 4.50. The molecule has 0 saturated heterocycles. The molecule has 6 nitrogen and oxygen atoms in total. The summed E-state index contributed by atoms with van der Waals surface area (Å²) in [5, 5.41) is 2.75. The van der Waals surface area contributed by atoms with E-state index in [4.69, 9.17) is 5.73 Å². The lowest BCUT2D eigenvalue weighted by Crippen LogP contribution is -2.11. The minimum atomic E-state index is -0.343. The molecule has 0 fully saturated rings. The maximum absolute atomic E-state index is 11.8. The highest BCUT2D eigenvalue weighted by Gasteiger charge is 2.04. The van der Waals surface area contributed by atoms with Gasteiger partial charge in [0.25, 0.3) is 5.91 Å². The van der Waals surface area contributed by atoms with Crippen molar-refractivity contribution in [3.63, 3.8) is 0 Å². The highest BCUT2D eigenvalue weighted by molar-refractivity contribution is 6.04. The Bertz CT molecular complexity index is 921. The molecule has 1 amide bonds. The zero-order valence-electron chi connectivity index (χ0n) is 15.3. The Balaban J connectivity index is 0.000000221. The van der Waals surface area contributed by atoms with Gasteiger partial charge >= 0.3 is 5.97 Å². The summed E-state index contributed by atoms with van der Waals surface area (Å²) >= 11 is 0. The molecule has 6 heteroatoms. The van der Waals surface area contributed by atoms with Crippen LogP contribution >= 0.6 is 0 Å². The van der Waals surface area contributed by atoms with Gasteiger partial charge in [0, 0.05) is 22.5 Å². The third kappa shape index (κ3) is 6.10. The van der Waals surface area contributed by atoms with Gasteiger partial charge in [0.1, 0.15) is 6.29 Å². The molecule has 0 aliphatic carbocycles. The first-order valence-corrected chi connectivity index (χ1v) is 8.39. The standard InChI is InChI=1S/C14H11NO2.C8H9NO2/c16-10-11-6-8-13(9-7-11)15-14(17)12-4-2-1-3-5-12;1-11-8(10)6-2-4-7(9)5-3-6/h1-10H,(H,15,17);2-5H,9H2,1H3. The van der Waals surface area contributed by atoms with E-state index in [-0.39, 0.29) is 11.9 Å². The van der Waals surface area contributed by atoms with E-state index >= 15 is 0 Å². The first-order chi connectivity index (χ1) is 13.5. The van der Waals surface area contributed by atoms with E-state index in [9.17, 15) is 14.4 Å². The largest absolute Gasteiger partial charge is 0.465 e. The smallest absolute Gasteiger partial charge is 0.337 e. The molecule has 0 atom stereocenters. The summed E-state index contributed by atoms with van der Waals surface area (Å²) in [7, 11) is 1.35. The first kappa shape index (κ1) is 20.4. The fourth-order valence-electron chi connectivity index (χ4n) is 2.17. The van der Waals surface area contributed by atoms with Crippen molar-refractivity contribution < 1.29 is 19.1 Å². The zero-order valence-corrected chi connectivity index (χ0v) is 15.3. The van der Waals surface area contributed by atoms with Crippen molar-refractivity contribution >= 4 is 29.5 Å². The topological polar surface area (TPSA) is 98.5 Å². The van der Waals surface area contributed by atoms with Crippen LogP contribution in [0.4, 0.5) is 11.4 Å². The van der Waals surface area contributed by atoms with Gasteiger partial charge in [0.15, 0.2) is 0 Å². The van der Waals surface area contributed by atoms with Crippen molar-refractivity contribution in [3.05, 3.63) is 95.6 Å². The Morgan fingerprint density at radius 1 is 0.857 bits per heavy atom. The molecule has 0 heterocycles. The van der Waals surface area contributed by atoms with Crippen LogP contribution in [-0.2, 0) is 4.74 Å². The van der Waals surface area contributed by atoms with Crippen molar-refractivity contribution in [2.45, 2.75) is 0 Å². The quantitative estimate of drug-likeness (QED) is 0.410. The van der Waals surface area contributed by atoms with Crippen LogP contribution in [0.5, 0.6) is 0 Å². The van der Waals surface area contributed by atoms with Crippen LogP contribution in [0.25, 0.3) is 0 Å². The molecule has 0 aliphatic rings. The van der Waals surface area contributed by atoms with E-state index in [1.807, 2.05) is 18.2 Å². The fraction of sp³-hybridized carbons (Fsp3) is 0.0455. The van der Waals surface area contributed by atoms with Gasteiger partial charge < -0.3 is 15.8 Å². The minimum absolute atomic E-state index is 0.163. The molecule has 28 heavy (non-hydrogen) atoms. The summed E-state index contributed by atoms with van der Waals surface area (Å²) in [5.74, 6) is -0.505. The highest BCUT2D eigenvalue weighted by Crippen LogP contribution is 2.10. The number of benzene rings is 3. The van der Waals surface area contributed by atoms with Crippen LogP contribution in [0.15, 0.2) is 78.9 Å². The molecule has 142 valence electrons. The zero-order chi connectivity index (χ0) is 20.4. The number of rotatable bonds is 4. The van der Waals surface area contributed by atoms with Gasteiger partial charge in [-0.1, -0.05) is 18.2 Å². The van der Waals surface area contributed by atoms with Crippen LogP contribution in [0.3, 0.4) is 0 Å². The van der Waals surface area contributed by atoms with Gasteiger partial charge in [0.05, 0.1) is 12.7 Å². The lowest BCUT2D eigenvalue weighted by Gasteiger charge is -2.04. The fourth-order valence-corrected chi connectivity index (χ4v) is 2.17. The monoisotopic (exact) mass is 376 g/mol. The molecule has 0 unspecified atom stereocenters. The Kier molecular flexibility index (Phi) is 7.48. The van der Waals surface area contributed by atoms with Gasteiger partial charge in [-0.3, -0.25) is 9.59 Å². The van der Waals surface area contributed by atoms with Crippen molar-refractivity contribution in [1.82, 2.24) is 0 Å². The number of nitrogens with one attached hydrogen (secondary N) is 1. The maximum atomic E-state index is 11.8. The Morgan fingerprint density at radius 3 is 2.00 bits per heavy atom. The highest BCUT2D eigenvalue weighted by atomic mass is 16.5. The summed E-state index contributed by atoms with van der Waals surface area (Å²) in [4.78, 5) is 33.1. The van der Waals surface area contributed by atoms with Crippen LogP contribution < -0.4 is 11.1 Å². The third-order valence-corrected chi connectivity index (χ3v) is 3.67. The molecule has 0 aliphatic heterocycles. The molecule has 0 aromatic heterocycles. The van der Waals surface area contributed by atoms with Gasteiger partial charge in [-0.25, -0.2) is 4.79 Å². The average molecular weight is 376 g/mol. The second-order valence-electron chi connectivity index (χ2n) is 5.67. The Hall–Kier alpha value is -3.93. The molecular weight excluding hydrogens is 356 g/mol. The summed E-state index contributed by atoms with van der Waals surface area (Å²) in [5.41, 5.74) is 8.43. The number of esters is 1. The van der Waals surface area contributed by atoms with Gasteiger partial charge in [-0.15, -0.1) is 0 Å². The normalized spacial score (nSPS) is 9.46. The number of carbonyl (C=O) groups excluding carboxylic acids is 3. The molecule has 3 N–H and O–H groups in total. The van der Waals surface area contributed by atoms with Crippen molar-refractivity contribution in [2.24, 2.45) is 0 Å². The molecule has 0 radical (unpaired) electrons. The van der Waals surface area contributed by atoms with E-state index in [1.54, 1.807) is 60.7 Å². The number of nitrogen functional groups attached to an aromatic ring is 1. The van der Waals surface area contributed by atoms with Crippen LogP contribution in [0.1, 0.15) is 31.1 Å².